The molecule has 5 nitrogen and oxygen atoms in total. The van der Waals surface area contributed by atoms with Gasteiger partial charge in [-0.1, -0.05) is 20.3 Å². The van der Waals surface area contributed by atoms with Crippen LogP contribution in [-0.4, -0.2) is 31.1 Å². The molecule has 19 heavy (non-hydrogen) atoms. The summed E-state index contributed by atoms with van der Waals surface area (Å²) >= 11 is 0. The molecule has 0 aromatic carbocycles. The first-order valence-corrected chi connectivity index (χ1v) is 6.73. The Morgan fingerprint density at radius 1 is 1.26 bits per heavy atom. The normalized spacial score (nSPS) is 13.2. The van der Waals surface area contributed by atoms with Gasteiger partial charge in [-0.05, 0) is 32.2 Å². The first-order valence-electron chi connectivity index (χ1n) is 6.73. The first kappa shape index (κ1) is 20.5. The number of hydrogen-bond donors (Lipinski definition) is 2. The van der Waals surface area contributed by atoms with Gasteiger partial charge in [0, 0.05) is 6.42 Å². The summed E-state index contributed by atoms with van der Waals surface area (Å²) in [4.78, 5) is 22.5. The molecule has 2 atom stereocenters. The van der Waals surface area contributed by atoms with Gasteiger partial charge in [-0.15, -0.1) is 12.4 Å². The van der Waals surface area contributed by atoms with E-state index in [-0.39, 0.29) is 36.2 Å². The van der Waals surface area contributed by atoms with Crippen LogP contribution < -0.4 is 11.1 Å². The number of rotatable bonds is 10. The second-order valence-electron chi connectivity index (χ2n) is 4.44. The summed E-state index contributed by atoms with van der Waals surface area (Å²) < 4.78 is 4.94. The van der Waals surface area contributed by atoms with Gasteiger partial charge in [0.15, 0.2) is 0 Å². The monoisotopic (exact) mass is 294 g/mol. The van der Waals surface area contributed by atoms with Crippen LogP contribution in [-0.2, 0) is 14.3 Å². The lowest BCUT2D eigenvalue weighted by Gasteiger charge is -2.19. The molecule has 0 radical (unpaired) electrons. The molecule has 0 aliphatic carbocycles. The smallest absolute Gasteiger partial charge is 0.306 e. The molecule has 0 spiro atoms. The highest BCUT2D eigenvalue weighted by Crippen LogP contribution is 2.11. The Morgan fingerprint density at radius 3 is 2.32 bits per heavy atom. The Kier molecular flexibility index (Phi) is 13.2. The van der Waals surface area contributed by atoms with Gasteiger partial charge in [-0.25, -0.2) is 0 Å². The van der Waals surface area contributed by atoms with E-state index in [2.05, 4.69) is 12.2 Å². The van der Waals surface area contributed by atoms with E-state index >= 15 is 0 Å². The van der Waals surface area contributed by atoms with Crippen molar-refractivity contribution in [3.8, 4) is 0 Å². The Hall–Kier alpha value is -0.810. The van der Waals surface area contributed by atoms with Crippen molar-refractivity contribution in [1.29, 1.82) is 0 Å². The van der Waals surface area contributed by atoms with Crippen molar-refractivity contribution in [2.75, 3.05) is 13.2 Å². The third kappa shape index (κ3) is 9.73. The van der Waals surface area contributed by atoms with Crippen molar-refractivity contribution < 1.29 is 14.3 Å². The van der Waals surface area contributed by atoms with Crippen molar-refractivity contribution in [3.63, 3.8) is 0 Å². The second-order valence-corrected chi connectivity index (χ2v) is 4.44. The molecule has 114 valence electrons. The van der Waals surface area contributed by atoms with Gasteiger partial charge >= 0.3 is 5.97 Å². The van der Waals surface area contributed by atoms with E-state index in [0.717, 1.165) is 12.8 Å². The lowest BCUT2D eigenvalue weighted by Crippen LogP contribution is -2.43. The summed E-state index contributed by atoms with van der Waals surface area (Å²) in [6.07, 6.45) is 2.98. The highest BCUT2D eigenvalue weighted by molar-refractivity contribution is 5.85. The van der Waals surface area contributed by atoms with E-state index in [9.17, 15) is 9.59 Å². The number of primary amides is 1. The number of hydrogen-bond acceptors (Lipinski definition) is 4. The summed E-state index contributed by atoms with van der Waals surface area (Å²) in [6, 6.07) is -0.313. The van der Waals surface area contributed by atoms with Crippen molar-refractivity contribution in [2.45, 2.75) is 52.5 Å². The lowest BCUT2D eigenvalue weighted by molar-refractivity contribution is -0.144. The average Bonchev–Trinajstić information content (AvgIpc) is 2.29. The minimum atomic E-state index is -0.344. The number of esters is 1. The molecule has 6 heteroatoms. The predicted molar refractivity (Wildman–Crippen MR) is 78.2 cm³/mol. The molecule has 0 rings (SSSR count). The van der Waals surface area contributed by atoms with E-state index < -0.39 is 0 Å². The number of ether oxygens (including phenoxy) is 1. The minimum Gasteiger partial charge on any atom is -0.466 e. The SMILES string of the molecule is CCC[C@@H](CN[C@@H](CC)C(N)=O)CC(=O)OCC.Cl. The molecule has 0 unspecified atom stereocenters. The molecule has 0 bridgehead atoms. The molecular formula is C13H27ClN2O3. The van der Waals surface area contributed by atoms with E-state index in [1.165, 1.54) is 0 Å². The zero-order valence-electron chi connectivity index (χ0n) is 12.1. The summed E-state index contributed by atoms with van der Waals surface area (Å²) in [6.45, 7) is 6.80. The van der Waals surface area contributed by atoms with Crippen LogP contribution in [0.5, 0.6) is 0 Å². The van der Waals surface area contributed by atoms with Gasteiger partial charge in [0.05, 0.1) is 12.6 Å². The summed E-state index contributed by atoms with van der Waals surface area (Å²) in [5.74, 6) is -0.323. The molecule has 1 amide bonds. The molecule has 0 saturated heterocycles. The number of carbonyl (C=O) groups is 2. The molecule has 3 N–H and O–H groups in total. The van der Waals surface area contributed by atoms with E-state index in [0.29, 0.717) is 26.0 Å². The van der Waals surface area contributed by atoms with Crippen LogP contribution >= 0.6 is 12.4 Å². The number of nitrogens with two attached hydrogens (primary N) is 1. The fraction of sp³-hybridized carbons (Fsp3) is 0.846. The Balaban J connectivity index is 0. The van der Waals surface area contributed by atoms with Gasteiger partial charge in [0.25, 0.3) is 0 Å². The average molecular weight is 295 g/mol. The molecule has 0 aromatic rings. The van der Waals surface area contributed by atoms with Gasteiger partial charge in [-0.2, -0.15) is 0 Å². The Bertz CT molecular complexity index is 262. The largest absolute Gasteiger partial charge is 0.466 e. The topological polar surface area (TPSA) is 81.4 Å². The maximum atomic E-state index is 11.4. The van der Waals surface area contributed by atoms with Crippen molar-refractivity contribution in [3.05, 3.63) is 0 Å². The van der Waals surface area contributed by atoms with Gasteiger partial charge in [0.2, 0.25) is 5.91 Å². The van der Waals surface area contributed by atoms with Gasteiger partial charge < -0.3 is 15.8 Å². The number of carbonyl (C=O) groups excluding carboxylic acids is 2. The molecular weight excluding hydrogens is 268 g/mol. The summed E-state index contributed by atoms with van der Waals surface area (Å²) in [5, 5.41) is 3.12. The van der Waals surface area contributed by atoms with Crippen molar-refractivity contribution in [1.82, 2.24) is 5.32 Å². The highest BCUT2D eigenvalue weighted by atomic mass is 35.5. The fourth-order valence-corrected chi connectivity index (χ4v) is 1.90. The quantitative estimate of drug-likeness (QED) is 0.600. The second kappa shape index (κ2) is 12.2. The third-order valence-electron chi connectivity index (χ3n) is 2.86. The van der Waals surface area contributed by atoms with Crippen LogP contribution in [0.2, 0.25) is 0 Å². The number of halogens is 1. The Morgan fingerprint density at radius 2 is 1.89 bits per heavy atom. The van der Waals surface area contributed by atoms with E-state index in [4.69, 9.17) is 10.5 Å². The maximum absolute atomic E-state index is 11.4. The van der Waals surface area contributed by atoms with Crippen molar-refractivity contribution >= 4 is 24.3 Å². The summed E-state index contributed by atoms with van der Waals surface area (Å²) in [7, 11) is 0. The van der Waals surface area contributed by atoms with Gasteiger partial charge in [0.1, 0.15) is 0 Å². The zero-order valence-corrected chi connectivity index (χ0v) is 12.9. The summed E-state index contributed by atoms with van der Waals surface area (Å²) in [5.41, 5.74) is 5.26. The molecule has 0 saturated carbocycles. The highest BCUT2D eigenvalue weighted by Gasteiger charge is 2.17. The first-order chi connectivity index (χ1) is 8.54. The van der Waals surface area contributed by atoms with E-state index in [1.54, 1.807) is 6.92 Å². The molecule has 0 aliphatic rings. The fourth-order valence-electron chi connectivity index (χ4n) is 1.90. The lowest BCUT2D eigenvalue weighted by atomic mass is 9.99. The van der Waals surface area contributed by atoms with Crippen LogP contribution in [0.4, 0.5) is 0 Å². The maximum Gasteiger partial charge on any atom is 0.306 e. The van der Waals surface area contributed by atoms with E-state index in [1.807, 2.05) is 6.92 Å². The molecule has 0 aliphatic heterocycles. The molecule has 0 fully saturated rings. The molecule has 0 aromatic heterocycles. The number of amides is 1. The molecule has 0 heterocycles. The predicted octanol–water partition coefficient (Wildman–Crippen LogP) is 1.63. The van der Waals surface area contributed by atoms with Crippen LogP contribution in [0.1, 0.15) is 46.5 Å². The third-order valence-corrected chi connectivity index (χ3v) is 2.86. The van der Waals surface area contributed by atoms with Crippen LogP contribution in [0, 0.1) is 5.92 Å². The standard InChI is InChI=1S/C13H26N2O3.ClH/c1-4-7-10(8-12(16)18-6-3)9-15-11(5-2)13(14)17;/h10-11,15H,4-9H2,1-3H3,(H2,14,17);1H/t10-,11+;/m1./s1. The van der Waals surface area contributed by atoms with Crippen LogP contribution in [0.15, 0.2) is 0 Å². The van der Waals surface area contributed by atoms with Crippen LogP contribution in [0.25, 0.3) is 0 Å². The number of nitrogens with one attached hydrogen (secondary N) is 1. The van der Waals surface area contributed by atoms with Crippen molar-refractivity contribution in [2.24, 2.45) is 11.7 Å². The Labute approximate surface area is 122 Å². The zero-order chi connectivity index (χ0) is 14.0. The van der Waals surface area contributed by atoms with Gasteiger partial charge in [-0.3, -0.25) is 9.59 Å². The van der Waals surface area contributed by atoms with Crippen LogP contribution in [0.3, 0.4) is 0 Å². The minimum absolute atomic E-state index is 0.